The zero-order valence-corrected chi connectivity index (χ0v) is 9.77. The Labute approximate surface area is 83.8 Å². The molecule has 0 rings (SSSR count). The summed E-state index contributed by atoms with van der Waals surface area (Å²) in [5, 5.41) is 0. The molecule has 1 unspecified atom stereocenters. The van der Waals surface area contributed by atoms with Gasteiger partial charge in [0.2, 0.25) is 0 Å². The van der Waals surface area contributed by atoms with Crippen molar-refractivity contribution in [3.63, 3.8) is 0 Å². The van der Waals surface area contributed by atoms with Crippen LogP contribution in [0.3, 0.4) is 0 Å². The Morgan fingerprint density at radius 2 is 2.00 bits per heavy atom. The molecular formula is C12H25N. The van der Waals surface area contributed by atoms with Crippen LogP contribution in [-0.4, -0.2) is 25.5 Å². The second-order valence-corrected chi connectivity index (χ2v) is 4.39. The van der Waals surface area contributed by atoms with Gasteiger partial charge in [-0.25, -0.2) is 0 Å². The van der Waals surface area contributed by atoms with E-state index in [4.69, 9.17) is 0 Å². The van der Waals surface area contributed by atoms with Crippen LogP contribution >= 0.6 is 0 Å². The van der Waals surface area contributed by atoms with Gasteiger partial charge in [0.15, 0.2) is 0 Å². The van der Waals surface area contributed by atoms with Crippen molar-refractivity contribution in [3.8, 4) is 0 Å². The van der Waals surface area contributed by atoms with Crippen molar-refractivity contribution >= 4 is 0 Å². The molecule has 0 fully saturated rings. The third kappa shape index (κ3) is 8.04. The van der Waals surface area contributed by atoms with Crippen LogP contribution in [-0.2, 0) is 0 Å². The van der Waals surface area contributed by atoms with Crippen molar-refractivity contribution in [2.45, 2.75) is 39.5 Å². The SMILES string of the molecule is C=C(C)CCCC(CC)CN(C)C. The van der Waals surface area contributed by atoms with Gasteiger partial charge in [0, 0.05) is 6.54 Å². The first kappa shape index (κ1) is 12.7. The number of hydrogen-bond acceptors (Lipinski definition) is 1. The lowest BCUT2D eigenvalue weighted by atomic mass is 9.97. The van der Waals surface area contributed by atoms with Gasteiger partial charge in [-0.05, 0) is 46.2 Å². The van der Waals surface area contributed by atoms with E-state index in [2.05, 4.69) is 39.4 Å². The summed E-state index contributed by atoms with van der Waals surface area (Å²) in [5.74, 6) is 0.870. The van der Waals surface area contributed by atoms with Crippen LogP contribution in [0.15, 0.2) is 12.2 Å². The molecule has 0 saturated carbocycles. The Kier molecular flexibility index (Phi) is 6.97. The summed E-state index contributed by atoms with van der Waals surface area (Å²) in [4.78, 5) is 2.29. The third-order valence-electron chi connectivity index (χ3n) is 2.42. The molecule has 1 atom stereocenters. The molecule has 0 aromatic heterocycles. The monoisotopic (exact) mass is 183 g/mol. The molecule has 13 heavy (non-hydrogen) atoms. The van der Waals surface area contributed by atoms with E-state index in [0.29, 0.717) is 0 Å². The predicted octanol–water partition coefficient (Wildman–Crippen LogP) is 3.32. The van der Waals surface area contributed by atoms with E-state index in [1.54, 1.807) is 0 Å². The predicted molar refractivity (Wildman–Crippen MR) is 61.0 cm³/mol. The van der Waals surface area contributed by atoms with Crippen molar-refractivity contribution in [3.05, 3.63) is 12.2 Å². The van der Waals surface area contributed by atoms with Gasteiger partial charge in [0.05, 0.1) is 0 Å². The van der Waals surface area contributed by atoms with Crippen LogP contribution in [0.2, 0.25) is 0 Å². The van der Waals surface area contributed by atoms with Crippen molar-refractivity contribution in [2.75, 3.05) is 20.6 Å². The van der Waals surface area contributed by atoms with Crippen molar-refractivity contribution in [1.82, 2.24) is 4.90 Å². The lowest BCUT2D eigenvalue weighted by molar-refractivity contribution is 0.301. The molecule has 0 bridgehead atoms. The van der Waals surface area contributed by atoms with Crippen LogP contribution in [0.4, 0.5) is 0 Å². The maximum absolute atomic E-state index is 3.93. The zero-order chi connectivity index (χ0) is 10.3. The fraction of sp³-hybridized carbons (Fsp3) is 0.833. The molecular weight excluding hydrogens is 158 g/mol. The fourth-order valence-corrected chi connectivity index (χ4v) is 1.63. The molecule has 0 saturated heterocycles. The average molecular weight is 183 g/mol. The van der Waals surface area contributed by atoms with E-state index in [9.17, 15) is 0 Å². The van der Waals surface area contributed by atoms with E-state index >= 15 is 0 Å². The van der Waals surface area contributed by atoms with Gasteiger partial charge < -0.3 is 4.90 Å². The van der Waals surface area contributed by atoms with Gasteiger partial charge in [-0.1, -0.05) is 18.9 Å². The number of allylic oxidation sites excluding steroid dienone is 1. The molecule has 78 valence electrons. The summed E-state index contributed by atoms with van der Waals surface area (Å²) < 4.78 is 0. The number of hydrogen-bond donors (Lipinski definition) is 0. The molecule has 1 heteroatoms. The number of rotatable bonds is 7. The van der Waals surface area contributed by atoms with Gasteiger partial charge in [0.25, 0.3) is 0 Å². The summed E-state index contributed by atoms with van der Waals surface area (Å²) in [6.07, 6.45) is 5.15. The minimum Gasteiger partial charge on any atom is -0.309 e. The van der Waals surface area contributed by atoms with Gasteiger partial charge >= 0.3 is 0 Å². The molecule has 0 aliphatic heterocycles. The lowest BCUT2D eigenvalue weighted by Crippen LogP contribution is -2.21. The molecule has 0 amide bonds. The van der Waals surface area contributed by atoms with E-state index in [0.717, 1.165) is 5.92 Å². The molecule has 0 spiro atoms. The molecule has 1 nitrogen and oxygen atoms in total. The minimum atomic E-state index is 0.870. The maximum atomic E-state index is 3.93. The topological polar surface area (TPSA) is 3.24 Å². The lowest BCUT2D eigenvalue weighted by Gasteiger charge is -2.19. The molecule has 0 aliphatic carbocycles. The fourth-order valence-electron chi connectivity index (χ4n) is 1.63. The van der Waals surface area contributed by atoms with E-state index in [-0.39, 0.29) is 0 Å². The average Bonchev–Trinajstić information content (AvgIpc) is 2.01. The Bertz CT molecular complexity index is 138. The third-order valence-corrected chi connectivity index (χ3v) is 2.42. The standard InChI is InChI=1S/C12H25N/c1-6-12(10-13(4)5)9-7-8-11(2)3/h12H,2,6-10H2,1,3-5H3. The second kappa shape index (κ2) is 7.14. The van der Waals surface area contributed by atoms with Gasteiger partial charge in [-0.15, -0.1) is 6.58 Å². The van der Waals surface area contributed by atoms with Gasteiger partial charge in [0.1, 0.15) is 0 Å². The normalized spacial score (nSPS) is 13.3. The van der Waals surface area contributed by atoms with Gasteiger partial charge in [-0.2, -0.15) is 0 Å². The number of nitrogens with zero attached hydrogens (tertiary/aromatic N) is 1. The van der Waals surface area contributed by atoms with E-state index in [1.807, 2.05) is 0 Å². The highest BCUT2D eigenvalue weighted by Gasteiger charge is 2.06. The first-order chi connectivity index (χ1) is 6.06. The quantitative estimate of drug-likeness (QED) is 0.547. The molecule has 0 aliphatic rings. The van der Waals surface area contributed by atoms with Crippen LogP contribution < -0.4 is 0 Å². The Morgan fingerprint density at radius 3 is 2.38 bits per heavy atom. The minimum absolute atomic E-state index is 0.870. The molecule has 0 aromatic rings. The molecule has 0 radical (unpaired) electrons. The second-order valence-electron chi connectivity index (χ2n) is 4.39. The highest BCUT2D eigenvalue weighted by Crippen LogP contribution is 2.15. The molecule has 0 heterocycles. The highest BCUT2D eigenvalue weighted by molar-refractivity contribution is 4.87. The van der Waals surface area contributed by atoms with Crippen LogP contribution in [0.1, 0.15) is 39.5 Å². The summed E-state index contributed by atoms with van der Waals surface area (Å²) in [7, 11) is 4.31. The van der Waals surface area contributed by atoms with Crippen LogP contribution in [0, 0.1) is 5.92 Å². The molecule has 0 N–H and O–H groups in total. The summed E-state index contributed by atoms with van der Waals surface area (Å²) in [6.45, 7) is 9.56. The summed E-state index contributed by atoms with van der Waals surface area (Å²) in [6, 6.07) is 0. The smallest absolute Gasteiger partial charge is 0.000346 e. The summed E-state index contributed by atoms with van der Waals surface area (Å²) in [5.41, 5.74) is 1.32. The van der Waals surface area contributed by atoms with Crippen molar-refractivity contribution in [2.24, 2.45) is 5.92 Å². The van der Waals surface area contributed by atoms with Crippen molar-refractivity contribution in [1.29, 1.82) is 0 Å². The van der Waals surface area contributed by atoms with E-state index < -0.39 is 0 Å². The van der Waals surface area contributed by atoms with Crippen LogP contribution in [0.25, 0.3) is 0 Å². The largest absolute Gasteiger partial charge is 0.309 e. The first-order valence-corrected chi connectivity index (χ1v) is 5.35. The van der Waals surface area contributed by atoms with Crippen LogP contribution in [0.5, 0.6) is 0 Å². The van der Waals surface area contributed by atoms with E-state index in [1.165, 1.54) is 37.8 Å². The Hall–Kier alpha value is -0.300. The molecule has 0 aromatic carbocycles. The Balaban J connectivity index is 3.53. The zero-order valence-electron chi connectivity index (χ0n) is 9.77. The van der Waals surface area contributed by atoms with Gasteiger partial charge in [-0.3, -0.25) is 0 Å². The first-order valence-electron chi connectivity index (χ1n) is 5.35. The highest BCUT2D eigenvalue weighted by atomic mass is 15.1. The maximum Gasteiger partial charge on any atom is 0.000346 e. The van der Waals surface area contributed by atoms with Crippen molar-refractivity contribution < 1.29 is 0 Å². The summed E-state index contributed by atoms with van der Waals surface area (Å²) >= 11 is 0. The Morgan fingerprint density at radius 1 is 1.38 bits per heavy atom.